The molecule has 1 aliphatic carbocycles. The summed E-state index contributed by atoms with van der Waals surface area (Å²) in [7, 11) is 0. The van der Waals surface area contributed by atoms with Crippen LogP contribution in [0, 0.1) is 5.92 Å². The van der Waals surface area contributed by atoms with Crippen molar-refractivity contribution in [1.82, 2.24) is 0 Å². The SMILES string of the molecule is CC1(C)O[C@H]2[C@@H](O)[C@@H]3CON=C3[C@@]2(CO)O1. The van der Waals surface area contributed by atoms with Crippen molar-refractivity contribution in [2.75, 3.05) is 13.2 Å². The predicted molar refractivity (Wildman–Crippen MR) is 52.7 cm³/mol. The van der Waals surface area contributed by atoms with Crippen molar-refractivity contribution in [1.29, 1.82) is 0 Å². The topological polar surface area (TPSA) is 80.5 Å². The fourth-order valence-electron chi connectivity index (χ4n) is 2.86. The molecule has 2 fully saturated rings. The van der Waals surface area contributed by atoms with Gasteiger partial charge in [0.05, 0.1) is 18.6 Å². The van der Waals surface area contributed by atoms with Gasteiger partial charge in [-0.2, -0.15) is 0 Å². The van der Waals surface area contributed by atoms with Gasteiger partial charge < -0.3 is 24.5 Å². The fraction of sp³-hybridized carbons (Fsp3) is 0.900. The molecule has 3 aliphatic rings. The van der Waals surface area contributed by atoms with E-state index in [1.165, 1.54) is 0 Å². The summed E-state index contributed by atoms with van der Waals surface area (Å²) in [6.07, 6.45) is -1.31. The van der Waals surface area contributed by atoms with Gasteiger partial charge in [0.25, 0.3) is 0 Å². The number of hydrogen-bond acceptors (Lipinski definition) is 6. The van der Waals surface area contributed by atoms with E-state index in [0.29, 0.717) is 12.3 Å². The number of hydrogen-bond donors (Lipinski definition) is 2. The molecule has 2 N–H and O–H groups in total. The summed E-state index contributed by atoms with van der Waals surface area (Å²) in [4.78, 5) is 4.97. The molecular formula is C10H15NO5. The van der Waals surface area contributed by atoms with E-state index in [1.807, 2.05) is 0 Å². The molecule has 0 aromatic heterocycles. The van der Waals surface area contributed by atoms with Crippen LogP contribution in [0.4, 0.5) is 0 Å². The molecule has 90 valence electrons. The molecule has 4 atom stereocenters. The molecule has 6 nitrogen and oxygen atoms in total. The molecule has 1 saturated heterocycles. The van der Waals surface area contributed by atoms with Crippen molar-refractivity contribution < 1.29 is 24.5 Å². The molecular weight excluding hydrogens is 214 g/mol. The molecule has 3 rings (SSSR count). The van der Waals surface area contributed by atoms with Gasteiger partial charge in [0, 0.05) is 0 Å². The number of ether oxygens (including phenoxy) is 2. The summed E-state index contributed by atoms with van der Waals surface area (Å²) in [5.74, 6) is -1.06. The zero-order valence-corrected chi connectivity index (χ0v) is 9.21. The van der Waals surface area contributed by atoms with Gasteiger partial charge in [-0.1, -0.05) is 5.16 Å². The quantitative estimate of drug-likeness (QED) is 0.618. The molecule has 0 aromatic rings. The first-order valence-electron chi connectivity index (χ1n) is 5.37. The third kappa shape index (κ3) is 1.08. The van der Waals surface area contributed by atoms with Gasteiger partial charge in [-0.05, 0) is 13.8 Å². The molecule has 6 heteroatoms. The van der Waals surface area contributed by atoms with Gasteiger partial charge in [-0.15, -0.1) is 0 Å². The first-order valence-corrected chi connectivity index (χ1v) is 5.37. The summed E-state index contributed by atoms with van der Waals surface area (Å²) in [6.45, 7) is 3.56. The Hall–Kier alpha value is -0.690. The normalized spacial score (nSPS) is 48.5. The molecule has 1 saturated carbocycles. The zero-order chi connectivity index (χ0) is 11.6. The maximum atomic E-state index is 10.1. The summed E-state index contributed by atoms with van der Waals surface area (Å²) >= 11 is 0. The molecule has 2 aliphatic heterocycles. The smallest absolute Gasteiger partial charge is 0.165 e. The van der Waals surface area contributed by atoms with Crippen LogP contribution in [-0.2, 0) is 14.3 Å². The second kappa shape index (κ2) is 2.95. The van der Waals surface area contributed by atoms with Crippen LogP contribution in [0.25, 0.3) is 0 Å². The first-order chi connectivity index (χ1) is 7.50. The minimum absolute atomic E-state index is 0.228. The highest BCUT2D eigenvalue weighted by Gasteiger charge is 2.68. The Kier molecular flexibility index (Phi) is 1.93. The highest BCUT2D eigenvalue weighted by Crippen LogP contribution is 2.48. The lowest BCUT2D eigenvalue weighted by Gasteiger charge is -2.25. The Morgan fingerprint density at radius 3 is 2.94 bits per heavy atom. The highest BCUT2D eigenvalue weighted by molar-refractivity contribution is 5.99. The molecule has 0 bridgehead atoms. The molecule has 0 radical (unpaired) electrons. The number of rotatable bonds is 1. The molecule has 0 spiro atoms. The van der Waals surface area contributed by atoms with Crippen LogP contribution >= 0.6 is 0 Å². The Morgan fingerprint density at radius 2 is 2.25 bits per heavy atom. The van der Waals surface area contributed by atoms with Crippen LogP contribution < -0.4 is 0 Å². The maximum absolute atomic E-state index is 10.1. The van der Waals surface area contributed by atoms with E-state index in [9.17, 15) is 10.2 Å². The van der Waals surface area contributed by atoms with E-state index in [0.717, 1.165) is 0 Å². The van der Waals surface area contributed by atoms with Crippen molar-refractivity contribution in [2.45, 2.75) is 37.4 Å². The summed E-state index contributed by atoms with van der Waals surface area (Å²) < 4.78 is 11.4. The lowest BCUT2D eigenvalue weighted by atomic mass is 9.98. The molecule has 0 amide bonds. The second-order valence-electron chi connectivity index (χ2n) is 4.96. The second-order valence-corrected chi connectivity index (χ2v) is 4.96. The van der Waals surface area contributed by atoms with Crippen molar-refractivity contribution in [3.8, 4) is 0 Å². The van der Waals surface area contributed by atoms with Gasteiger partial charge in [0.1, 0.15) is 18.4 Å². The number of aliphatic hydroxyl groups excluding tert-OH is 2. The summed E-state index contributed by atoms with van der Waals surface area (Å²) in [6, 6.07) is 0. The standard InChI is InChI=1S/C10H15NO5/c1-9(2)15-8-6(13)5-3-14-11-7(5)10(8,4-12)16-9/h5-6,8,12-13H,3-4H2,1-2H3/t5-,6-,8-,10+/m0/s1. The third-order valence-corrected chi connectivity index (χ3v) is 3.46. The van der Waals surface area contributed by atoms with E-state index in [4.69, 9.17) is 14.3 Å². The largest absolute Gasteiger partial charge is 0.395 e. The Bertz CT molecular complexity index is 355. The highest BCUT2D eigenvalue weighted by atomic mass is 16.8. The average molecular weight is 229 g/mol. The van der Waals surface area contributed by atoms with Crippen molar-refractivity contribution in [3.05, 3.63) is 0 Å². The van der Waals surface area contributed by atoms with Crippen LogP contribution in [0.2, 0.25) is 0 Å². The van der Waals surface area contributed by atoms with Gasteiger partial charge in [0.2, 0.25) is 0 Å². The summed E-state index contributed by atoms with van der Waals surface area (Å²) in [5, 5.41) is 23.6. The Morgan fingerprint density at radius 1 is 1.50 bits per heavy atom. The van der Waals surface area contributed by atoms with Crippen molar-refractivity contribution in [3.63, 3.8) is 0 Å². The van der Waals surface area contributed by atoms with Crippen LogP contribution in [-0.4, -0.2) is 52.7 Å². The Labute approximate surface area is 92.8 Å². The first kappa shape index (κ1) is 10.5. The van der Waals surface area contributed by atoms with Crippen molar-refractivity contribution in [2.24, 2.45) is 11.1 Å². The van der Waals surface area contributed by atoms with E-state index in [2.05, 4.69) is 5.16 Å². The van der Waals surface area contributed by atoms with Crippen LogP contribution in [0.1, 0.15) is 13.8 Å². The number of oxime groups is 1. The minimum atomic E-state index is -1.04. The van der Waals surface area contributed by atoms with Crippen LogP contribution in [0.5, 0.6) is 0 Å². The van der Waals surface area contributed by atoms with Crippen LogP contribution in [0.15, 0.2) is 5.16 Å². The summed E-state index contributed by atoms with van der Waals surface area (Å²) in [5.41, 5.74) is -0.470. The lowest BCUT2D eigenvalue weighted by Crippen LogP contribution is -2.47. The Balaban J connectivity index is 2.06. The van der Waals surface area contributed by atoms with Gasteiger partial charge in [-0.25, -0.2) is 0 Å². The predicted octanol–water partition coefficient (Wildman–Crippen LogP) is -0.754. The van der Waals surface area contributed by atoms with Crippen LogP contribution in [0.3, 0.4) is 0 Å². The van der Waals surface area contributed by atoms with E-state index >= 15 is 0 Å². The van der Waals surface area contributed by atoms with Gasteiger partial charge >= 0.3 is 0 Å². The van der Waals surface area contributed by atoms with E-state index in [1.54, 1.807) is 13.8 Å². The lowest BCUT2D eigenvalue weighted by molar-refractivity contribution is -0.167. The van der Waals surface area contributed by atoms with Gasteiger partial charge in [-0.3, -0.25) is 0 Å². The maximum Gasteiger partial charge on any atom is 0.165 e. The number of nitrogens with zero attached hydrogens (tertiary/aromatic N) is 1. The number of aliphatic hydroxyl groups is 2. The molecule has 16 heavy (non-hydrogen) atoms. The van der Waals surface area contributed by atoms with Gasteiger partial charge in [0.15, 0.2) is 11.4 Å². The molecule has 0 aromatic carbocycles. The van der Waals surface area contributed by atoms with E-state index < -0.39 is 23.6 Å². The molecule has 0 unspecified atom stereocenters. The third-order valence-electron chi connectivity index (χ3n) is 3.46. The average Bonchev–Trinajstić information content (AvgIpc) is 2.82. The monoisotopic (exact) mass is 229 g/mol. The molecule has 2 heterocycles. The fourth-order valence-corrected chi connectivity index (χ4v) is 2.86. The number of fused-ring (bicyclic) bond motifs is 3. The zero-order valence-electron chi connectivity index (χ0n) is 9.21. The van der Waals surface area contributed by atoms with Crippen molar-refractivity contribution >= 4 is 5.71 Å². The minimum Gasteiger partial charge on any atom is -0.395 e. The van der Waals surface area contributed by atoms with E-state index in [-0.39, 0.29) is 12.5 Å².